The second kappa shape index (κ2) is 3.60. The van der Waals surface area contributed by atoms with Crippen molar-refractivity contribution in [3.8, 4) is 0 Å². The van der Waals surface area contributed by atoms with Crippen LogP contribution < -0.4 is 4.90 Å². The van der Waals surface area contributed by atoms with Gasteiger partial charge in [-0.25, -0.2) is 4.98 Å². The SMILES string of the molecule is CC(=O)N1CC2(C1)CN(c1ccnc(Cl)c1)C2. The van der Waals surface area contributed by atoms with Gasteiger partial charge in [0.2, 0.25) is 5.91 Å². The molecule has 0 radical (unpaired) electrons. The van der Waals surface area contributed by atoms with Gasteiger partial charge in [0, 0.05) is 50.4 Å². The van der Waals surface area contributed by atoms with Gasteiger partial charge < -0.3 is 9.80 Å². The first kappa shape index (κ1) is 10.8. The van der Waals surface area contributed by atoms with E-state index in [4.69, 9.17) is 11.6 Å². The van der Waals surface area contributed by atoms with Gasteiger partial charge in [-0.05, 0) is 12.1 Å². The number of anilines is 1. The van der Waals surface area contributed by atoms with Gasteiger partial charge in [0.05, 0.1) is 0 Å². The number of rotatable bonds is 1. The van der Waals surface area contributed by atoms with Crippen molar-refractivity contribution in [2.75, 3.05) is 31.1 Å². The van der Waals surface area contributed by atoms with Crippen LogP contribution in [0, 0.1) is 5.41 Å². The Bertz CT molecular complexity index is 463. The molecule has 90 valence electrons. The summed E-state index contributed by atoms with van der Waals surface area (Å²) in [4.78, 5) is 19.3. The molecule has 0 saturated carbocycles. The van der Waals surface area contributed by atoms with Gasteiger partial charge in [-0.1, -0.05) is 11.6 Å². The number of carbonyl (C=O) groups excluding carboxylic acids is 1. The molecule has 0 unspecified atom stereocenters. The third kappa shape index (κ3) is 1.76. The third-order valence-corrected chi connectivity index (χ3v) is 3.83. The Morgan fingerprint density at radius 3 is 2.71 bits per heavy atom. The lowest BCUT2D eigenvalue weighted by atomic mass is 9.72. The lowest BCUT2D eigenvalue weighted by Crippen LogP contribution is -2.72. The molecule has 17 heavy (non-hydrogen) atoms. The van der Waals surface area contributed by atoms with Crippen LogP contribution >= 0.6 is 11.6 Å². The molecule has 5 heteroatoms. The zero-order valence-electron chi connectivity index (χ0n) is 9.69. The third-order valence-electron chi connectivity index (χ3n) is 3.63. The van der Waals surface area contributed by atoms with Crippen LogP contribution in [-0.4, -0.2) is 42.0 Å². The van der Waals surface area contributed by atoms with E-state index in [1.807, 2.05) is 17.0 Å². The van der Waals surface area contributed by atoms with E-state index in [9.17, 15) is 4.79 Å². The number of amides is 1. The van der Waals surface area contributed by atoms with E-state index in [1.54, 1.807) is 13.1 Å². The van der Waals surface area contributed by atoms with E-state index < -0.39 is 0 Å². The molecule has 0 N–H and O–H groups in total. The highest BCUT2D eigenvalue weighted by atomic mass is 35.5. The summed E-state index contributed by atoms with van der Waals surface area (Å²) in [5.41, 5.74) is 1.46. The summed E-state index contributed by atoms with van der Waals surface area (Å²) in [6.07, 6.45) is 1.73. The molecule has 1 aromatic rings. The molecule has 3 heterocycles. The Labute approximate surface area is 105 Å². The normalized spacial score (nSPS) is 21.1. The number of hydrogen-bond donors (Lipinski definition) is 0. The molecule has 4 nitrogen and oxygen atoms in total. The molecule has 3 rings (SSSR count). The average molecular weight is 252 g/mol. The monoisotopic (exact) mass is 251 g/mol. The molecule has 0 bridgehead atoms. The summed E-state index contributed by atoms with van der Waals surface area (Å²) in [6, 6.07) is 3.86. The van der Waals surface area contributed by atoms with Crippen molar-refractivity contribution in [3.63, 3.8) is 0 Å². The van der Waals surface area contributed by atoms with Crippen molar-refractivity contribution in [1.82, 2.24) is 9.88 Å². The van der Waals surface area contributed by atoms with Crippen LogP contribution in [0.3, 0.4) is 0 Å². The van der Waals surface area contributed by atoms with Gasteiger partial charge in [-0.15, -0.1) is 0 Å². The van der Waals surface area contributed by atoms with Gasteiger partial charge in [0.25, 0.3) is 0 Å². The Morgan fingerprint density at radius 2 is 2.12 bits per heavy atom. The van der Waals surface area contributed by atoms with E-state index in [-0.39, 0.29) is 5.91 Å². The number of carbonyl (C=O) groups is 1. The first-order valence-electron chi connectivity index (χ1n) is 5.70. The van der Waals surface area contributed by atoms with Crippen LogP contribution in [-0.2, 0) is 4.79 Å². The van der Waals surface area contributed by atoms with Crippen LogP contribution in [0.1, 0.15) is 6.92 Å². The van der Waals surface area contributed by atoms with Crippen LogP contribution in [0.4, 0.5) is 5.69 Å². The zero-order chi connectivity index (χ0) is 12.0. The summed E-state index contributed by atoms with van der Waals surface area (Å²) in [5, 5.41) is 0.530. The number of aromatic nitrogens is 1. The number of likely N-dealkylation sites (tertiary alicyclic amines) is 1. The van der Waals surface area contributed by atoms with Crippen molar-refractivity contribution in [2.45, 2.75) is 6.92 Å². The van der Waals surface area contributed by atoms with Crippen molar-refractivity contribution in [3.05, 3.63) is 23.5 Å². The number of pyridine rings is 1. The molecule has 2 aliphatic heterocycles. The summed E-state index contributed by atoms with van der Waals surface area (Å²) in [6.45, 7) is 5.45. The predicted octanol–water partition coefficient (Wildman–Crippen LogP) is 1.40. The van der Waals surface area contributed by atoms with Crippen LogP contribution in [0.5, 0.6) is 0 Å². The van der Waals surface area contributed by atoms with Crippen molar-refractivity contribution < 1.29 is 4.79 Å². The Balaban J connectivity index is 1.61. The fourth-order valence-corrected chi connectivity index (χ4v) is 2.89. The quantitative estimate of drug-likeness (QED) is 0.708. The molecule has 0 atom stereocenters. The minimum atomic E-state index is 0.182. The van der Waals surface area contributed by atoms with Gasteiger partial charge in [-0.3, -0.25) is 4.79 Å². The molecule has 2 saturated heterocycles. The molecule has 0 aromatic carbocycles. The van der Waals surface area contributed by atoms with Crippen LogP contribution in [0.2, 0.25) is 5.15 Å². The fourth-order valence-electron chi connectivity index (χ4n) is 2.72. The minimum absolute atomic E-state index is 0.182. The molecular weight excluding hydrogens is 238 g/mol. The first-order chi connectivity index (χ1) is 8.08. The highest BCUT2D eigenvalue weighted by molar-refractivity contribution is 6.29. The summed E-state index contributed by atoms with van der Waals surface area (Å²) < 4.78 is 0. The Hall–Kier alpha value is -1.29. The van der Waals surface area contributed by atoms with Crippen LogP contribution in [0.25, 0.3) is 0 Å². The second-order valence-electron chi connectivity index (χ2n) is 5.07. The second-order valence-corrected chi connectivity index (χ2v) is 5.46. The Kier molecular flexibility index (Phi) is 2.30. The molecule has 1 spiro atoms. The molecule has 0 aliphatic carbocycles. The predicted molar refractivity (Wildman–Crippen MR) is 66.1 cm³/mol. The highest BCUT2D eigenvalue weighted by Crippen LogP contribution is 2.41. The summed E-state index contributed by atoms with van der Waals surface area (Å²) in [7, 11) is 0. The van der Waals surface area contributed by atoms with Crippen molar-refractivity contribution in [2.24, 2.45) is 5.41 Å². The smallest absolute Gasteiger partial charge is 0.219 e. The molecule has 2 aliphatic rings. The van der Waals surface area contributed by atoms with E-state index >= 15 is 0 Å². The van der Waals surface area contributed by atoms with E-state index in [0.29, 0.717) is 10.6 Å². The topological polar surface area (TPSA) is 36.4 Å². The van der Waals surface area contributed by atoms with E-state index in [1.165, 1.54) is 0 Å². The molecule has 1 aromatic heterocycles. The van der Waals surface area contributed by atoms with E-state index in [0.717, 1.165) is 31.9 Å². The van der Waals surface area contributed by atoms with Gasteiger partial charge in [0.15, 0.2) is 0 Å². The van der Waals surface area contributed by atoms with Crippen molar-refractivity contribution >= 4 is 23.2 Å². The zero-order valence-corrected chi connectivity index (χ0v) is 10.4. The lowest BCUT2D eigenvalue weighted by molar-refractivity contribution is -0.142. The first-order valence-corrected chi connectivity index (χ1v) is 6.08. The van der Waals surface area contributed by atoms with Crippen LogP contribution in [0.15, 0.2) is 18.3 Å². The minimum Gasteiger partial charge on any atom is -0.370 e. The van der Waals surface area contributed by atoms with Gasteiger partial charge in [-0.2, -0.15) is 0 Å². The fraction of sp³-hybridized carbons (Fsp3) is 0.500. The number of nitrogens with zero attached hydrogens (tertiary/aromatic N) is 3. The lowest BCUT2D eigenvalue weighted by Gasteiger charge is -2.60. The maximum absolute atomic E-state index is 11.1. The largest absolute Gasteiger partial charge is 0.370 e. The summed E-state index contributed by atoms with van der Waals surface area (Å²) in [5.74, 6) is 0.182. The Morgan fingerprint density at radius 1 is 1.41 bits per heavy atom. The van der Waals surface area contributed by atoms with Gasteiger partial charge in [0.1, 0.15) is 5.15 Å². The molecule has 2 fully saturated rings. The van der Waals surface area contributed by atoms with Crippen molar-refractivity contribution in [1.29, 1.82) is 0 Å². The van der Waals surface area contributed by atoms with Gasteiger partial charge >= 0.3 is 0 Å². The number of hydrogen-bond acceptors (Lipinski definition) is 3. The maximum Gasteiger partial charge on any atom is 0.219 e. The summed E-state index contributed by atoms with van der Waals surface area (Å²) >= 11 is 5.86. The van der Waals surface area contributed by atoms with E-state index in [2.05, 4.69) is 9.88 Å². The molecule has 1 amide bonds. The number of halogens is 1. The highest BCUT2D eigenvalue weighted by Gasteiger charge is 2.52. The average Bonchev–Trinajstić information content (AvgIpc) is 2.12. The molecular formula is C12H14ClN3O. The maximum atomic E-state index is 11.1. The standard InChI is InChI=1S/C12H14ClN3O/c1-9(17)15-5-12(6-15)7-16(8-12)10-2-3-14-11(13)4-10/h2-4H,5-8H2,1H3.